The first-order valence-electron chi connectivity index (χ1n) is 10.6. The third-order valence-corrected chi connectivity index (χ3v) is 8.30. The Bertz CT molecular complexity index is 830. The number of hydrogen-bond donors (Lipinski definition) is 0. The summed E-state index contributed by atoms with van der Waals surface area (Å²) < 4.78 is 35.0. The van der Waals surface area contributed by atoms with Crippen molar-refractivity contribution in [3.63, 3.8) is 0 Å². The molecule has 0 aromatic heterocycles. The van der Waals surface area contributed by atoms with Crippen LogP contribution in [-0.2, 0) is 15.0 Å². The number of piperazine rings is 1. The molecule has 2 fully saturated rings. The highest BCUT2D eigenvalue weighted by Crippen LogP contribution is 2.26. The number of benzene rings is 1. The van der Waals surface area contributed by atoms with Crippen LogP contribution in [0.25, 0.3) is 0 Å². The van der Waals surface area contributed by atoms with Gasteiger partial charge in [0.15, 0.2) is 5.60 Å². The van der Waals surface area contributed by atoms with Crippen LogP contribution in [-0.4, -0.2) is 72.7 Å². The SMILES string of the molecule is CN(C1CCCCC1)S(=O)(=O)N1CCN(C(=O)C(C)(C)Oc2ccc(Cl)cc2)CC1. The third kappa shape index (κ3) is 5.28. The fraction of sp³-hybridized carbons (Fsp3) is 0.667. The summed E-state index contributed by atoms with van der Waals surface area (Å²) in [6.45, 7) is 4.74. The molecule has 1 aromatic rings. The van der Waals surface area contributed by atoms with E-state index in [9.17, 15) is 13.2 Å². The number of rotatable bonds is 6. The van der Waals surface area contributed by atoms with Crippen molar-refractivity contribution < 1.29 is 17.9 Å². The normalized spacial score (nSPS) is 19.8. The average molecular weight is 458 g/mol. The molecule has 30 heavy (non-hydrogen) atoms. The average Bonchev–Trinajstić information content (AvgIpc) is 2.75. The van der Waals surface area contributed by atoms with Gasteiger partial charge in [-0.05, 0) is 51.0 Å². The molecule has 7 nitrogen and oxygen atoms in total. The van der Waals surface area contributed by atoms with Gasteiger partial charge in [0.2, 0.25) is 0 Å². The molecule has 1 saturated carbocycles. The summed E-state index contributed by atoms with van der Waals surface area (Å²) in [5.41, 5.74) is -1.06. The van der Waals surface area contributed by atoms with E-state index in [1.807, 2.05) is 0 Å². The molecule has 0 atom stereocenters. The second-order valence-electron chi connectivity index (χ2n) is 8.57. The smallest absolute Gasteiger partial charge is 0.282 e. The topological polar surface area (TPSA) is 70.2 Å². The Morgan fingerprint density at radius 1 is 1.07 bits per heavy atom. The van der Waals surface area contributed by atoms with E-state index >= 15 is 0 Å². The summed E-state index contributed by atoms with van der Waals surface area (Å²) in [4.78, 5) is 14.7. The number of amides is 1. The van der Waals surface area contributed by atoms with Crippen LogP contribution in [0.1, 0.15) is 46.0 Å². The Hall–Kier alpha value is -1.35. The van der Waals surface area contributed by atoms with Crippen molar-refractivity contribution in [2.24, 2.45) is 0 Å². The van der Waals surface area contributed by atoms with Gasteiger partial charge in [0, 0.05) is 44.3 Å². The molecule has 3 rings (SSSR count). The molecule has 0 spiro atoms. The predicted molar refractivity (Wildman–Crippen MR) is 118 cm³/mol. The van der Waals surface area contributed by atoms with Crippen LogP contribution in [0.4, 0.5) is 0 Å². The van der Waals surface area contributed by atoms with E-state index in [2.05, 4.69) is 0 Å². The summed E-state index contributed by atoms with van der Waals surface area (Å²) in [6, 6.07) is 6.95. The molecule has 1 amide bonds. The van der Waals surface area contributed by atoms with Gasteiger partial charge in [0.25, 0.3) is 16.1 Å². The Morgan fingerprint density at radius 2 is 1.63 bits per heavy atom. The highest BCUT2D eigenvalue weighted by atomic mass is 35.5. The van der Waals surface area contributed by atoms with Crippen LogP contribution in [0.5, 0.6) is 5.75 Å². The Kier molecular flexibility index (Phi) is 7.32. The van der Waals surface area contributed by atoms with E-state index in [4.69, 9.17) is 16.3 Å². The van der Waals surface area contributed by atoms with Gasteiger partial charge in [-0.2, -0.15) is 17.0 Å². The standard InChI is InChI=1S/C21H32ClN3O4S/c1-21(2,29-19-11-9-17(22)10-12-19)20(26)24-13-15-25(16-14-24)30(27,28)23(3)18-7-5-4-6-8-18/h9-12,18H,4-8,13-16H2,1-3H3. The number of carbonyl (C=O) groups excluding carboxylic acids is 1. The van der Waals surface area contributed by atoms with E-state index in [0.717, 1.165) is 25.7 Å². The molecule has 9 heteroatoms. The second kappa shape index (κ2) is 9.42. The summed E-state index contributed by atoms with van der Waals surface area (Å²) >= 11 is 5.90. The first-order valence-corrected chi connectivity index (χ1v) is 12.4. The van der Waals surface area contributed by atoms with Crippen LogP contribution < -0.4 is 4.74 Å². The fourth-order valence-corrected chi connectivity index (χ4v) is 5.86. The molecule has 0 radical (unpaired) electrons. The van der Waals surface area contributed by atoms with E-state index in [0.29, 0.717) is 37.0 Å². The molecule has 168 valence electrons. The van der Waals surface area contributed by atoms with Gasteiger partial charge in [-0.25, -0.2) is 0 Å². The van der Waals surface area contributed by atoms with Crippen molar-refractivity contribution in [2.75, 3.05) is 33.2 Å². The van der Waals surface area contributed by atoms with E-state index in [1.54, 1.807) is 50.1 Å². The zero-order chi connectivity index (χ0) is 21.9. The lowest BCUT2D eigenvalue weighted by molar-refractivity contribution is -0.146. The van der Waals surface area contributed by atoms with Gasteiger partial charge < -0.3 is 9.64 Å². The van der Waals surface area contributed by atoms with Gasteiger partial charge in [-0.1, -0.05) is 30.9 Å². The molecule has 1 aromatic carbocycles. The quantitative estimate of drug-likeness (QED) is 0.658. The maximum Gasteiger partial charge on any atom is 0.282 e. The van der Waals surface area contributed by atoms with Crippen LogP contribution in [0.3, 0.4) is 0 Å². The lowest BCUT2D eigenvalue weighted by Gasteiger charge is -2.40. The summed E-state index contributed by atoms with van der Waals surface area (Å²) in [7, 11) is -1.83. The monoisotopic (exact) mass is 457 g/mol. The molecule has 1 aliphatic carbocycles. The Balaban J connectivity index is 1.58. The Labute approximate surface area is 185 Å². The minimum atomic E-state index is -3.51. The highest BCUT2D eigenvalue weighted by Gasteiger charge is 2.39. The summed E-state index contributed by atoms with van der Waals surface area (Å²) in [5, 5.41) is 0.599. The van der Waals surface area contributed by atoms with Gasteiger partial charge in [0.1, 0.15) is 5.75 Å². The first kappa shape index (κ1) is 23.3. The number of carbonyl (C=O) groups is 1. The zero-order valence-corrected chi connectivity index (χ0v) is 19.6. The molecule has 0 unspecified atom stereocenters. The van der Waals surface area contributed by atoms with Crippen molar-refractivity contribution in [1.82, 2.24) is 13.5 Å². The van der Waals surface area contributed by atoms with E-state index < -0.39 is 15.8 Å². The minimum Gasteiger partial charge on any atom is -0.478 e. The highest BCUT2D eigenvalue weighted by molar-refractivity contribution is 7.86. The van der Waals surface area contributed by atoms with Crippen molar-refractivity contribution >= 4 is 27.7 Å². The van der Waals surface area contributed by atoms with Crippen LogP contribution in [0.15, 0.2) is 24.3 Å². The minimum absolute atomic E-state index is 0.0788. The number of halogens is 1. The maximum atomic E-state index is 13.0. The molecule has 1 saturated heterocycles. The largest absolute Gasteiger partial charge is 0.478 e. The molecular weight excluding hydrogens is 426 g/mol. The van der Waals surface area contributed by atoms with E-state index in [1.165, 1.54) is 15.0 Å². The van der Waals surface area contributed by atoms with Crippen molar-refractivity contribution in [1.29, 1.82) is 0 Å². The van der Waals surface area contributed by atoms with Crippen molar-refractivity contribution in [3.05, 3.63) is 29.3 Å². The van der Waals surface area contributed by atoms with Crippen LogP contribution in [0.2, 0.25) is 5.02 Å². The molecular formula is C21H32ClN3O4S. The van der Waals surface area contributed by atoms with Crippen LogP contribution >= 0.6 is 11.6 Å². The molecule has 1 heterocycles. The molecule has 2 aliphatic rings. The van der Waals surface area contributed by atoms with Crippen molar-refractivity contribution in [3.8, 4) is 5.75 Å². The number of hydrogen-bond acceptors (Lipinski definition) is 4. The number of nitrogens with zero attached hydrogens (tertiary/aromatic N) is 3. The zero-order valence-electron chi connectivity index (χ0n) is 18.0. The van der Waals surface area contributed by atoms with Gasteiger partial charge in [-0.3, -0.25) is 4.79 Å². The van der Waals surface area contributed by atoms with Crippen LogP contribution in [0, 0.1) is 0 Å². The molecule has 1 aliphatic heterocycles. The Morgan fingerprint density at radius 3 is 2.20 bits per heavy atom. The van der Waals surface area contributed by atoms with Gasteiger partial charge in [0.05, 0.1) is 0 Å². The second-order valence-corrected chi connectivity index (χ2v) is 11.0. The first-order chi connectivity index (χ1) is 14.1. The van der Waals surface area contributed by atoms with Gasteiger partial charge in [-0.15, -0.1) is 0 Å². The predicted octanol–water partition coefficient (Wildman–Crippen LogP) is 3.15. The van der Waals surface area contributed by atoms with E-state index in [-0.39, 0.29) is 11.9 Å². The van der Waals surface area contributed by atoms with Crippen molar-refractivity contribution in [2.45, 2.75) is 57.6 Å². The number of ether oxygens (including phenoxy) is 1. The maximum absolute atomic E-state index is 13.0. The lowest BCUT2D eigenvalue weighted by atomic mass is 9.96. The fourth-order valence-electron chi connectivity index (χ4n) is 4.16. The summed E-state index contributed by atoms with van der Waals surface area (Å²) in [6.07, 6.45) is 5.18. The lowest BCUT2D eigenvalue weighted by Crippen LogP contribution is -2.58. The molecule has 0 bridgehead atoms. The third-order valence-electron chi connectivity index (χ3n) is 6.01. The molecule has 0 N–H and O–H groups in total. The van der Waals surface area contributed by atoms with Gasteiger partial charge >= 0.3 is 0 Å². The summed E-state index contributed by atoms with van der Waals surface area (Å²) in [5.74, 6) is 0.406.